The average molecular weight is 329 g/mol. The molecule has 3 rings (SSSR count). The van der Waals surface area contributed by atoms with Crippen LogP contribution in [-0.2, 0) is 16.6 Å². The van der Waals surface area contributed by atoms with Crippen LogP contribution in [0.3, 0.4) is 0 Å². The fourth-order valence-electron chi connectivity index (χ4n) is 2.16. The Hall–Kier alpha value is -2.11. The first-order chi connectivity index (χ1) is 10.7. The van der Waals surface area contributed by atoms with Crippen LogP contribution in [0.1, 0.15) is 5.56 Å². The van der Waals surface area contributed by atoms with Gasteiger partial charge >= 0.3 is 0 Å². The van der Waals surface area contributed by atoms with E-state index in [2.05, 4.69) is 0 Å². The Morgan fingerprint density at radius 1 is 0.818 bits per heavy atom. The van der Waals surface area contributed by atoms with Crippen LogP contribution in [0.25, 0.3) is 0 Å². The van der Waals surface area contributed by atoms with Gasteiger partial charge < -0.3 is 0 Å². The van der Waals surface area contributed by atoms with Gasteiger partial charge in [-0.1, -0.05) is 48.5 Å². The van der Waals surface area contributed by atoms with Gasteiger partial charge in [-0.15, -0.1) is 11.3 Å². The van der Waals surface area contributed by atoms with Crippen molar-refractivity contribution in [3.8, 4) is 0 Å². The van der Waals surface area contributed by atoms with Gasteiger partial charge in [0.2, 0.25) is 0 Å². The largest absolute Gasteiger partial charge is 0.265 e. The van der Waals surface area contributed by atoms with Crippen LogP contribution in [0.2, 0.25) is 0 Å². The van der Waals surface area contributed by atoms with E-state index in [1.807, 2.05) is 53.9 Å². The standard InChI is InChI=1S/C17H15NO2S2/c19-22(20,16-10-5-2-6-11-16)18(17-12-7-13-21-17)14-15-8-3-1-4-9-15/h1-13H,14H2. The molecule has 1 aromatic heterocycles. The zero-order chi connectivity index (χ0) is 15.4. The monoisotopic (exact) mass is 329 g/mol. The second-order valence-corrected chi connectivity index (χ2v) is 7.55. The molecular formula is C17H15NO2S2. The molecule has 0 amide bonds. The molecule has 3 nitrogen and oxygen atoms in total. The number of anilines is 1. The second kappa shape index (κ2) is 6.34. The topological polar surface area (TPSA) is 37.4 Å². The number of benzene rings is 2. The maximum absolute atomic E-state index is 13.0. The van der Waals surface area contributed by atoms with Gasteiger partial charge in [0.25, 0.3) is 10.0 Å². The van der Waals surface area contributed by atoms with Crippen LogP contribution < -0.4 is 4.31 Å². The van der Waals surface area contributed by atoms with E-state index < -0.39 is 10.0 Å². The molecule has 0 radical (unpaired) electrons. The molecule has 1 heterocycles. The smallest absolute Gasteiger partial charge is 0.253 e. The third-order valence-electron chi connectivity index (χ3n) is 3.25. The number of rotatable bonds is 5. The Labute approximate surface area is 134 Å². The molecule has 112 valence electrons. The fraction of sp³-hybridized carbons (Fsp3) is 0.0588. The Morgan fingerprint density at radius 2 is 1.45 bits per heavy atom. The maximum atomic E-state index is 13.0. The summed E-state index contributed by atoms with van der Waals surface area (Å²) in [7, 11) is -3.58. The van der Waals surface area contributed by atoms with Crippen LogP contribution >= 0.6 is 11.3 Å². The molecule has 0 bridgehead atoms. The zero-order valence-corrected chi connectivity index (χ0v) is 13.4. The van der Waals surface area contributed by atoms with Crippen LogP contribution in [0.4, 0.5) is 5.00 Å². The predicted molar refractivity (Wildman–Crippen MR) is 90.6 cm³/mol. The summed E-state index contributed by atoms with van der Waals surface area (Å²) in [6.07, 6.45) is 0. The van der Waals surface area contributed by atoms with Gasteiger partial charge in [-0.3, -0.25) is 4.31 Å². The van der Waals surface area contributed by atoms with Crippen molar-refractivity contribution >= 4 is 26.4 Å². The van der Waals surface area contributed by atoms with Crippen LogP contribution in [0.15, 0.2) is 83.1 Å². The van der Waals surface area contributed by atoms with Gasteiger partial charge in [-0.05, 0) is 35.2 Å². The molecule has 0 aliphatic carbocycles. The highest BCUT2D eigenvalue weighted by molar-refractivity contribution is 7.93. The van der Waals surface area contributed by atoms with Crippen molar-refractivity contribution in [1.82, 2.24) is 0 Å². The molecule has 0 spiro atoms. The number of thiophene rings is 1. The fourth-order valence-corrected chi connectivity index (χ4v) is 4.59. The predicted octanol–water partition coefficient (Wildman–Crippen LogP) is 4.14. The van der Waals surface area contributed by atoms with E-state index >= 15 is 0 Å². The van der Waals surface area contributed by atoms with Crippen molar-refractivity contribution in [2.45, 2.75) is 11.4 Å². The lowest BCUT2D eigenvalue weighted by Gasteiger charge is -2.23. The van der Waals surface area contributed by atoms with Crippen molar-refractivity contribution in [3.05, 3.63) is 83.7 Å². The average Bonchev–Trinajstić information content (AvgIpc) is 3.08. The number of nitrogens with zero attached hydrogens (tertiary/aromatic N) is 1. The summed E-state index contributed by atoms with van der Waals surface area (Å²) >= 11 is 1.42. The van der Waals surface area contributed by atoms with Gasteiger partial charge in [0, 0.05) is 0 Å². The van der Waals surface area contributed by atoms with E-state index in [0.717, 1.165) is 5.56 Å². The lowest BCUT2D eigenvalue weighted by atomic mass is 10.2. The molecule has 0 aliphatic heterocycles. The van der Waals surface area contributed by atoms with Crippen molar-refractivity contribution in [1.29, 1.82) is 0 Å². The molecule has 2 aromatic carbocycles. The van der Waals surface area contributed by atoms with Gasteiger partial charge in [0.1, 0.15) is 5.00 Å². The maximum Gasteiger partial charge on any atom is 0.265 e. The van der Waals surface area contributed by atoms with E-state index in [-0.39, 0.29) is 0 Å². The van der Waals surface area contributed by atoms with Gasteiger partial charge in [0.15, 0.2) is 0 Å². The molecular weight excluding hydrogens is 314 g/mol. The molecule has 0 unspecified atom stereocenters. The molecule has 0 aliphatic rings. The van der Waals surface area contributed by atoms with Crippen molar-refractivity contribution in [3.63, 3.8) is 0 Å². The highest BCUT2D eigenvalue weighted by atomic mass is 32.2. The summed E-state index contributed by atoms with van der Waals surface area (Å²) in [5.41, 5.74) is 0.954. The quantitative estimate of drug-likeness (QED) is 0.705. The Kier molecular flexibility index (Phi) is 4.27. The Balaban J connectivity index is 2.03. The van der Waals surface area contributed by atoms with Crippen LogP contribution in [0, 0.1) is 0 Å². The molecule has 0 atom stereocenters. The van der Waals surface area contributed by atoms with E-state index in [9.17, 15) is 8.42 Å². The molecule has 22 heavy (non-hydrogen) atoms. The van der Waals surface area contributed by atoms with Crippen molar-refractivity contribution in [2.75, 3.05) is 4.31 Å². The van der Waals surface area contributed by atoms with Crippen LogP contribution in [0.5, 0.6) is 0 Å². The first kappa shape index (κ1) is 14.8. The normalized spacial score (nSPS) is 11.3. The summed E-state index contributed by atoms with van der Waals surface area (Å²) in [5.74, 6) is 0. The lowest BCUT2D eigenvalue weighted by Crippen LogP contribution is -2.29. The number of hydrogen-bond acceptors (Lipinski definition) is 3. The van der Waals surface area contributed by atoms with E-state index in [4.69, 9.17) is 0 Å². The minimum atomic E-state index is -3.58. The summed E-state index contributed by atoms with van der Waals surface area (Å²) in [6, 6.07) is 21.8. The van der Waals surface area contributed by atoms with Crippen LogP contribution in [-0.4, -0.2) is 8.42 Å². The molecule has 0 fully saturated rings. The Morgan fingerprint density at radius 3 is 2.05 bits per heavy atom. The van der Waals surface area contributed by atoms with Gasteiger partial charge in [0.05, 0.1) is 11.4 Å². The SMILES string of the molecule is O=S(=O)(c1ccccc1)N(Cc1ccccc1)c1cccs1. The Bertz CT molecular complexity index is 814. The summed E-state index contributed by atoms with van der Waals surface area (Å²) in [5, 5.41) is 2.60. The van der Waals surface area contributed by atoms with E-state index in [1.165, 1.54) is 15.6 Å². The third-order valence-corrected chi connectivity index (χ3v) is 6.03. The molecule has 0 saturated carbocycles. The van der Waals surface area contributed by atoms with E-state index in [1.54, 1.807) is 24.3 Å². The third kappa shape index (κ3) is 3.05. The minimum absolute atomic E-state index is 0.305. The van der Waals surface area contributed by atoms with Gasteiger partial charge in [-0.25, -0.2) is 8.42 Å². The molecule has 0 saturated heterocycles. The molecule has 0 N–H and O–H groups in total. The summed E-state index contributed by atoms with van der Waals surface area (Å²) in [4.78, 5) is 0.305. The van der Waals surface area contributed by atoms with Crippen molar-refractivity contribution < 1.29 is 8.42 Å². The highest BCUT2D eigenvalue weighted by Gasteiger charge is 2.25. The summed E-state index contributed by atoms with van der Waals surface area (Å²) < 4.78 is 27.4. The number of hydrogen-bond donors (Lipinski definition) is 0. The summed E-state index contributed by atoms with van der Waals surface area (Å²) in [6.45, 7) is 0.318. The molecule has 3 aromatic rings. The zero-order valence-electron chi connectivity index (χ0n) is 11.8. The van der Waals surface area contributed by atoms with E-state index in [0.29, 0.717) is 16.4 Å². The minimum Gasteiger partial charge on any atom is -0.253 e. The number of sulfonamides is 1. The first-order valence-corrected chi connectivity index (χ1v) is 9.15. The lowest BCUT2D eigenvalue weighted by molar-refractivity contribution is 0.591. The highest BCUT2D eigenvalue weighted by Crippen LogP contribution is 2.29. The molecule has 5 heteroatoms. The first-order valence-electron chi connectivity index (χ1n) is 6.83. The van der Waals surface area contributed by atoms with Gasteiger partial charge in [-0.2, -0.15) is 0 Å². The second-order valence-electron chi connectivity index (χ2n) is 4.76. The van der Waals surface area contributed by atoms with Crippen molar-refractivity contribution in [2.24, 2.45) is 0 Å².